The van der Waals surface area contributed by atoms with Crippen LogP contribution < -0.4 is 0 Å². The minimum absolute atomic E-state index is 0.422. The molecule has 0 aliphatic heterocycles. The normalized spacial score (nSPS) is 9.93. The van der Waals surface area contributed by atoms with Gasteiger partial charge in [0.2, 0.25) is 0 Å². The summed E-state index contributed by atoms with van der Waals surface area (Å²) < 4.78 is 0. The van der Waals surface area contributed by atoms with Gasteiger partial charge in [0.05, 0.1) is 10.6 Å². The predicted octanol–water partition coefficient (Wildman–Crippen LogP) is 2.69. The van der Waals surface area contributed by atoms with E-state index in [4.69, 9.17) is 5.26 Å². The SMILES string of the molecule is Cc1nc(C#N)cc(-c2sccc2C)n1. The third-order valence-electron chi connectivity index (χ3n) is 2.05. The number of aromatic nitrogens is 2. The van der Waals surface area contributed by atoms with Crippen LogP contribution in [0.5, 0.6) is 0 Å². The standard InChI is InChI=1S/C11H9N3S/c1-7-3-4-15-11(7)10-5-9(6-12)13-8(2)14-10/h3-5H,1-2H3. The molecule has 2 heterocycles. The number of nitriles is 1. The van der Waals surface area contributed by atoms with Crippen molar-refractivity contribution < 1.29 is 0 Å². The van der Waals surface area contributed by atoms with E-state index >= 15 is 0 Å². The van der Waals surface area contributed by atoms with Gasteiger partial charge >= 0.3 is 0 Å². The number of rotatable bonds is 1. The predicted molar refractivity (Wildman–Crippen MR) is 59.5 cm³/mol. The average Bonchev–Trinajstić information content (AvgIpc) is 2.63. The van der Waals surface area contributed by atoms with Crippen LogP contribution in [0.3, 0.4) is 0 Å². The van der Waals surface area contributed by atoms with Crippen molar-refractivity contribution in [3.63, 3.8) is 0 Å². The summed E-state index contributed by atoms with van der Waals surface area (Å²) in [7, 11) is 0. The van der Waals surface area contributed by atoms with Gasteiger partial charge in [0, 0.05) is 6.07 Å². The molecular formula is C11H9N3S. The van der Waals surface area contributed by atoms with Crippen molar-refractivity contribution in [2.24, 2.45) is 0 Å². The highest BCUT2D eigenvalue weighted by atomic mass is 32.1. The molecule has 0 radical (unpaired) electrons. The average molecular weight is 215 g/mol. The van der Waals surface area contributed by atoms with Crippen molar-refractivity contribution in [1.29, 1.82) is 5.26 Å². The fourth-order valence-corrected chi connectivity index (χ4v) is 2.26. The number of thiophene rings is 1. The second-order valence-electron chi connectivity index (χ2n) is 3.23. The molecule has 15 heavy (non-hydrogen) atoms. The quantitative estimate of drug-likeness (QED) is 0.734. The van der Waals surface area contributed by atoms with Gasteiger partial charge in [-0.05, 0) is 30.9 Å². The Morgan fingerprint density at radius 1 is 1.33 bits per heavy atom. The Hall–Kier alpha value is -1.73. The van der Waals surface area contributed by atoms with Crippen LogP contribution in [-0.4, -0.2) is 9.97 Å². The van der Waals surface area contributed by atoms with Crippen LogP contribution in [0.2, 0.25) is 0 Å². The van der Waals surface area contributed by atoms with E-state index in [-0.39, 0.29) is 0 Å². The van der Waals surface area contributed by atoms with E-state index in [0.29, 0.717) is 11.5 Å². The summed E-state index contributed by atoms with van der Waals surface area (Å²) >= 11 is 1.63. The molecule has 0 fully saturated rings. The first kappa shape index (κ1) is 9.81. The highest BCUT2D eigenvalue weighted by Crippen LogP contribution is 2.27. The van der Waals surface area contributed by atoms with Gasteiger partial charge in [0.15, 0.2) is 0 Å². The van der Waals surface area contributed by atoms with E-state index in [1.807, 2.05) is 24.4 Å². The Bertz CT molecular complexity index is 537. The molecule has 74 valence electrons. The topological polar surface area (TPSA) is 49.6 Å². The molecule has 0 bridgehead atoms. The zero-order valence-corrected chi connectivity index (χ0v) is 9.30. The van der Waals surface area contributed by atoms with Crippen molar-refractivity contribution in [3.8, 4) is 16.6 Å². The molecule has 0 aromatic carbocycles. The lowest BCUT2D eigenvalue weighted by Gasteiger charge is -2.00. The Kier molecular flexibility index (Phi) is 2.48. The first-order chi connectivity index (χ1) is 7.20. The van der Waals surface area contributed by atoms with Gasteiger partial charge in [0.25, 0.3) is 0 Å². The largest absolute Gasteiger partial charge is 0.232 e. The lowest BCUT2D eigenvalue weighted by atomic mass is 10.2. The summed E-state index contributed by atoms with van der Waals surface area (Å²) in [6, 6.07) is 5.82. The fraction of sp³-hybridized carbons (Fsp3) is 0.182. The van der Waals surface area contributed by atoms with Gasteiger partial charge in [-0.25, -0.2) is 9.97 Å². The maximum absolute atomic E-state index is 8.82. The van der Waals surface area contributed by atoms with Crippen LogP contribution in [0.25, 0.3) is 10.6 Å². The van der Waals surface area contributed by atoms with Crippen molar-refractivity contribution in [2.45, 2.75) is 13.8 Å². The molecule has 0 N–H and O–H groups in total. The first-order valence-electron chi connectivity index (χ1n) is 4.51. The van der Waals surface area contributed by atoms with Crippen LogP contribution in [-0.2, 0) is 0 Å². The molecule has 0 saturated heterocycles. The van der Waals surface area contributed by atoms with Crippen molar-refractivity contribution in [3.05, 3.63) is 34.6 Å². The van der Waals surface area contributed by atoms with Crippen LogP contribution >= 0.6 is 11.3 Å². The molecule has 0 saturated carbocycles. The van der Waals surface area contributed by atoms with E-state index in [0.717, 1.165) is 10.6 Å². The lowest BCUT2D eigenvalue weighted by molar-refractivity contribution is 1.04. The van der Waals surface area contributed by atoms with E-state index in [9.17, 15) is 0 Å². The molecule has 0 atom stereocenters. The number of nitrogens with zero attached hydrogens (tertiary/aromatic N) is 3. The maximum atomic E-state index is 8.82. The highest BCUT2D eigenvalue weighted by Gasteiger charge is 2.07. The number of aryl methyl sites for hydroxylation is 2. The Labute approximate surface area is 92.1 Å². The first-order valence-corrected chi connectivity index (χ1v) is 5.39. The lowest BCUT2D eigenvalue weighted by Crippen LogP contribution is -1.94. The van der Waals surface area contributed by atoms with E-state index in [2.05, 4.69) is 9.97 Å². The molecule has 0 aliphatic carbocycles. The summed E-state index contributed by atoms with van der Waals surface area (Å²) in [5.74, 6) is 0.636. The Morgan fingerprint density at radius 3 is 2.73 bits per heavy atom. The number of hydrogen-bond donors (Lipinski definition) is 0. The number of hydrogen-bond acceptors (Lipinski definition) is 4. The highest BCUT2D eigenvalue weighted by molar-refractivity contribution is 7.13. The molecule has 4 heteroatoms. The monoisotopic (exact) mass is 215 g/mol. The van der Waals surface area contributed by atoms with Crippen LogP contribution in [0.15, 0.2) is 17.5 Å². The molecule has 0 unspecified atom stereocenters. The van der Waals surface area contributed by atoms with Crippen molar-refractivity contribution in [2.75, 3.05) is 0 Å². The molecule has 2 rings (SSSR count). The van der Waals surface area contributed by atoms with Crippen LogP contribution in [0, 0.1) is 25.2 Å². The molecule has 0 aliphatic rings. The zero-order valence-electron chi connectivity index (χ0n) is 8.48. The van der Waals surface area contributed by atoms with Gasteiger partial charge in [0.1, 0.15) is 17.6 Å². The van der Waals surface area contributed by atoms with E-state index in [1.54, 1.807) is 24.3 Å². The van der Waals surface area contributed by atoms with Crippen molar-refractivity contribution >= 4 is 11.3 Å². The second-order valence-corrected chi connectivity index (χ2v) is 4.15. The fourth-order valence-electron chi connectivity index (χ4n) is 1.38. The van der Waals surface area contributed by atoms with E-state index in [1.165, 1.54) is 5.56 Å². The summed E-state index contributed by atoms with van der Waals surface area (Å²) in [6.45, 7) is 3.84. The molecule has 2 aromatic heterocycles. The molecule has 0 spiro atoms. The van der Waals surface area contributed by atoms with Gasteiger partial charge in [-0.15, -0.1) is 11.3 Å². The maximum Gasteiger partial charge on any atom is 0.144 e. The van der Waals surface area contributed by atoms with Crippen molar-refractivity contribution in [1.82, 2.24) is 9.97 Å². The second kappa shape index (κ2) is 3.79. The van der Waals surface area contributed by atoms with Gasteiger partial charge in [-0.1, -0.05) is 0 Å². The minimum atomic E-state index is 0.422. The van der Waals surface area contributed by atoms with Crippen LogP contribution in [0.4, 0.5) is 0 Å². The van der Waals surface area contributed by atoms with Crippen LogP contribution in [0.1, 0.15) is 17.1 Å². The molecular weight excluding hydrogens is 206 g/mol. The summed E-state index contributed by atoms with van der Waals surface area (Å²) in [6.07, 6.45) is 0. The Balaban J connectivity index is 2.59. The summed E-state index contributed by atoms with van der Waals surface area (Å²) in [5.41, 5.74) is 2.44. The molecule has 3 nitrogen and oxygen atoms in total. The minimum Gasteiger partial charge on any atom is -0.232 e. The third kappa shape index (κ3) is 1.88. The smallest absolute Gasteiger partial charge is 0.144 e. The van der Waals surface area contributed by atoms with Gasteiger partial charge in [-0.2, -0.15) is 5.26 Å². The summed E-state index contributed by atoms with van der Waals surface area (Å²) in [4.78, 5) is 9.47. The van der Waals surface area contributed by atoms with Gasteiger partial charge < -0.3 is 0 Å². The summed E-state index contributed by atoms with van der Waals surface area (Å²) in [5, 5.41) is 10.8. The van der Waals surface area contributed by atoms with Gasteiger partial charge in [-0.3, -0.25) is 0 Å². The zero-order chi connectivity index (χ0) is 10.8. The Morgan fingerprint density at radius 2 is 2.13 bits per heavy atom. The molecule has 0 amide bonds. The molecule has 2 aromatic rings. The third-order valence-corrected chi connectivity index (χ3v) is 3.09. The van der Waals surface area contributed by atoms with E-state index < -0.39 is 0 Å².